The van der Waals surface area contributed by atoms with Crippen LogP contribution in [0.2, 0.25) is 0 Å². The molecule has 9 nitrogen and oxygen atoms in total. The monoisotopic (exact) mass is 593 g/mol. The highest BCUT2D eigenvalue weighted by atomic mass is 19.2. The molecule has 12 heteroatoms. The van der Waals surface area contributed by atoms with Crippen molar-refractivity contribution in [2.45, 2.75) is 52.4 Å². The zero-order valence-electron chi connectivity index (χ0n) is 23.8. The van der Waals surface area contributed by atoms with E-state index in [0.717, 1.165) is 36.7 Å². The van der Waals surface area contributed by atoms with Gasteiger partial charge in [0.1, 0.15) is 12.4 Å². The summed E-state index contributed by atoms with van der Waals surface area (Å²) < 4.78 is 50.6. The van der Waals surface area contributed by atoms with Crippen molar-refractivity contribution in [1.82, 2.24) is 14.5 Å². The largest absolute Gasteiger partial charge is 0.486 e. The first-order valence-electron chi connectivity index (χ1n) is 14.1. The summed E-state index contributed by atoms with van der Waals surface area (Å²) in [6.45, 7) is 5.89. The molecule has 224 valence electrons. The molecule has 4 heterocycles. The number of hydrogen-bond donors (Lipinski definition) is 0. The maximum absolute atomic E-state index is 14.5. The van der Waals surface area contributed by atoms with Crippen LogP contribution in [-0.4, -0.2) is 45.1 Å². The van der Waals surface area contributed by atoms with Crippen LogP contribution in [0.15, 0.2) is 47.5 Å². The van der Waals surface area contributed by atoms with Crippen LogP contribution in [0.25, 0.3) is 10.9 Å². The van der Waals surface area contributed by atoms with E-state index in [4.69, 9.17) is 4.74 Å². The molecule has 0 radical (unpaired) electrons. The average Bonchev–Trinajstić information content (AvgIpc) is 3.00. The maximum Gasteiger partial charge on any atom is 0.363 e. The standard InChI is InChI=1S/C31H30F3N5O4/c1-18-10-20(11-19(2)27(18)33)14-38(23-4-3-7-36(17-23)22-5-6-26(35-13-22)39(41)42)16-21-15-37-8-9-43-31-28(34)25(32)12-24(29(31)37)30(21)40/h5-6,10-13,15,23H,3-4,7-9,14,16-17H2,1-2H3. The van der Waals surface area contributed by atoms with E-state index in [1.807, 2.05) is 0 Å². The second kappa shape index (κ2) is 11.3. The minimum Gasteiger partial charge on any atom is -0.486 e. The van der Waals surface area contributed by atoms with Gasteiger partial charge in [-0.25, -0.2) is 8.78 Å². The lowest BCUT2D eigenvalue weighted by atomic mass is 10.00. The second-order valence-electron chi connectivity index (χ2n) is 11.2. The molecule has 1 unspecified atom stereocenters. The fourth-order valence-electron chi connectivity index (χ4n) is 6.26. The highest BCUT2D eigenvalue weighted by Crippen LogP contribution is 2.33. The van der Waals surface area contributed by atoms with Gasteiger partial charge in [-0.05, 0) is 65.4 Å². The van der Waals surface area contributed by atoms with Crippen LogP contribution in [0.3, 0.4) is 0 Å². The number of piperidine rings is 1. The van der Waals surface area contributed by atoms with E-state index in [0.29, 0.717) is 36.3 Å². The third-order valence-corrected chi connectivity index (χ3v) is 8.32. The topological polar surface area (TPSA) is 93.7 Å². The minimum absolute atomic E-state index is 0.0464. The Labute approximate surface area is 245 Å². The minimum atomic E-state index is -1.14. The highest BCUT2D eigenvalue weighted by Gasteiger charge is 2.29. The number of benzene rings is 2. The van der Waals surface area contributed by atoms with Crippen LogP contribution < -0.4 is 15.1 Å². The van der Waals surface area contributed by atoms with E-state index in [1.165, 1.54) is 12.3 Å². The van der Waals surface area contributed by atoms with Crippen LogP contribution in [-0.2, 0) is 19.6 Å². The Morgan fingerprint density at radius 1 is 1.09 bits per heavy atom. The third-order valence-electron chi connectivity index (χ3n) is 8.32. The molecule has 2 aromatic heterocycles. The molecule has 1 atom stereocenters. The molecule has 0 spiro atoms. The van der Waals surface area contributed by atoms with Gasteiger partial charge in [-0.3, -0.25) is 9.69 Å². The molecule has 2 aliphatic heterocycles. The van der Waals surface area contributed by atoms with E-state index in [9.17, 15) is 28.1 Å². The lowest BCUT2D eigenvalue weighted by Crippen LogP contribution is -2.48. The molecular weight excluding hydrogens is 563 g/mol. The van der Waals surface area contributed by atoms with Crippen molar-refractivity contribution >= 4 is 22.4 Å². The Hall–Kier alpha value is -4.45. The van der Waals surface area contributed by atoms with Crippen LogP contribution in [0, 0.1) is 41.4 Å². The summed E-state index contributed by atoms with van der Waals surface area (Å²) >= 11 is 0. The van der Waals surface area contributed by atoms with Crippen LogP contribution in [0.4, 0.5) is 24.7 Å². The lowest BCUT2D eigenvalue weighted by molar-refractivity contribution is -0.389. The number of halogens is 3. The molecule has 6 rings (SSSR count). The summed E-state index contributed by atoms with van der Waals surface area (Å²) in [7, 11) is 0. The number of pyridine rings is 2. The van der Waals surface area contributed by atoms with Crippen molar-refractivity contribution in [3.63, 3.8) is 0 Å². The van der Waals surface area contributed by atoms with Crippen molar-refractivity contribution < 1.29 is 22.8 Å². The summed E-state index contributed by atoms with van der Waals surface area (Å²) in [6, 6.07) is 7.55. The first-order chi connectivity index (χ1) is 20.6. The predicted molar refractivity (Wildman–Crippen MR) is 155 cm³/mol. The molecule has 0 saturated carbocycles. The average molecular weight is 594 g/mol. The second-order valence-corrected chi connectivity index (χ2v) is 11.2. The van der Waals surface area contributed by atoms with Gasteiger partial charge in [0.2, 0.25) is 5.82 Å². The summed E-state index contributed by atoms with van der Waals surface area (Å²) in [5, 5.41) is 11.1. The normalized spacial score (nSPS) is 16.5. The van der Waals surface area contributed by atoms with E-state index in [-0.39, 0.29) is 47.5 Å². The van der Waals surface area contributed by atoms with E-state index < -0.39 is 22.0 Å². The van der Waals surface area contributed by atoms with Gasteiger partial charge in [0.05, 0.1) is 23.1 Å². The van der Waals surface area contributed by atoms with Crippen molar-refractivity contribution in [1.29, 1.82) is 0 Å². The fourth-order valence-corrected chi connectivity index (χ4v) is 6.26. The Balaban J connectivity index is 1.38. The Morgan fingerprint density at radius 2 is 1.86 bits per heavy atom. The number of nitrogens with zero attached hydrogens (tertiary/aromatic N) is 5. The van der Waals surface area contributed by atoms with E-state index in [2.05, 4.69) is 14.8 Å². The Morgan fingerprint density at radius 3 is 2.56 bits per heavy atom. The summed E-state index contributed by atoms with van der Waals surface area (Å²) in [6.07, 6.45) is 4.83. The molecule has 0 amide bonds. The molecule has 2 aromatic carbocycles. The van der Waals surface area contributed by atoms with Crippen molar-refractivity contribution in [2.24, 2.45) is 0 Å². The predicted octanol–water partition coefficient (Wildman–Crippen LogP) is 5.40. The van der Waals surface area contributed by atoms with Crippen molar-refractivity contribution in [2.75, 3.05) is 24.6 Å². The molecule has 43 heavy (non-hydrogen) atoms. The number of hydrogen-bond acceptors (Lipinski definition) is 7. The Bertz CT molecular complexity index is 1770. The van der Waals surface area contributed by atoms with Gasteiger partial charge >= 0.3 is 5.82 Å². The maximum atomic E-state index is 14.5. The summed E-state index contributed by atoms with van der Waals surface area (Å²) in [4.78, 5) is 32.5. The molecule has 0 bridgehead atoms. The fraction of sp³-hybridized carbons (Fsp3) is 0.355. The SMILES string of the molecule is Cc1cc(CN(Cc2cn3c4c(c(F)c(F)cc4c2=O)OCC3)C2CCCN(c3ccc([N+](=O)[O-])nc3)C2)cc(C)c1F. The van der Waals surface area contributed by atoms with Gasteiger partial charge in [-0.15, -0.1) is 0 Å². The highest BCUT2D eigenvalue weighted by molar-refractivity contribution is 5.86. The summed E-state index contributed by atoms with van der Waals surface area (Å²) in [5.74, 6) is -2.99. The first-order valence-corrected chi connectivity index (χ1v) is 14.1. The molecule has 0 N–H and O–H groups in total. The van der Waals surface area contributed by atoms with Gasteiger partial charge in [0.25, 0.3) is 0 Å². The molecule has 4 aromatic rings. The van der Waals surface area contributed by atoms with Gasteiger partial charge in [-0.1, -0.05) is 12.1 Å². The number of aryl methyl sites for hydroxylation is 2. The van der Waals surface area contributed by atoms with Crippen LogP contribution in [0.5, 0.6) is 5.75 Å². The number of ether oxygens (including phenoxy) is 1. The van der Waals surface area contributed by atoms with Crippen LogP contribution >= 0.6 is 0 Å². The zero-order chi connectivity index (χ0) is 30.4. The molecule has 1 fully saturated rings. The van der Waals surface area contributed by atoms with Crippen LogP contribution in [0.1, 0.15) is 35.1 Å². The smallest absolute Gasteiger partial charge is 0.363 e. The Kier molecular flexibility index (Phi) is 7.55. The molecule has 2 aliphatic rings. The molecule has 0 aliphatic carbocycles. The summed E-state index contributed by atoms with van der Waals surface area (Å²) in [5.41, 5.74) is 2.96. The van der Waals surface area contributed by atoms with E-state index in [1.54, 1.807) is 42.8 Å². The van der Waals surface area contributed by atoms with Gasteiger partial charge in [0, 0.05) is 50.0 Å². The number of anilines is 1. The number of nitro groups is 1. The quantitative estimate of drug-likeness (QED) is 0.209. The van der Waals surface area contributed by atoms with Crippen molar-refractivity contribution in [3.05, 3.63) is 103 Å². The van der Waals surface area contributed by atoms with E-state index >= 15 is 0 Å². The van der Waals surface area contributed by atoms with Gasteiger partial charge < -0.3 is 24.3 Å². The third kappa shape index (κ3) is 5.42. The number of rotatable bonds is 7. The van der Waals surface area contributed by atoms with Gasteiger partial charge in [0.15, 0.2) is 23.2 Å². The molecule has 1 saturated heterocycles. The van der Waals surface area contributed by atoms with Gasteiger partial charge in [-0.2, -0.15) is 4.39 Å². The zero-order valence-corrected chi connectivity index (χ0v) is 23.8. The van der Waals surface area contributed by atoms with Crippen molar-refractivity contribution in [3.8, 4) is 5.75 Å². The first kappa shape index (κ1) is 28.7. The number of aromatic nitrogens is 2. The lowest BCUT2D eigenvalue weighted by Gasteiger charge is -2.40. The molecular formula is C31H30F3N5O4.